The third-order valence-corrected chi connectivity index (χ3v) is 0. The van der Waals surface area contributed by atoms with E-state index in [1.165, 1.54) is 0 Å². The maximum Gasteiger partial charge on any atom is 1.00 e. The molecule has 0 amide bonds. The van der Waals surface area contributed by atoms with Crippen LogP contribution in [0, 0.1) is 9.93 Å². The minimum atomic E-state index is 0. The van der Waals surface area contributed by atoms with Gasteiger partial charge in [0.25, 0.3) is 0 Å². The Hall–Kier alpha value is -0.480. The second-order valence-electron chi connectivity index (χ2n) is 0. The van der Waals surface area contributed by atoms with E-state index in [0.29, 0.717) is 0 Å². The Morgan fingerprint density at radius 2 is 1.25 bits per heavy atom. The van der Waals surface area contributed by atoms with Crippen molar-refractivity contribution in [3.05, 3.63) is 9.93 Å². The smallest absolute Gasteiger partial charge is 0.255 e. The summed E-state index contributed by atoms with van der Waals surface area (Å²) in [5, 5.41) is 12.0. The largest absolute Gasteiger partial charge is 1.00 e. The quantitative estimate of drug-likeness (QED) is 0.316. The fourth-order valence-corrected chi connectivity index (χ4v) is 0. The average Bonchev–Trinajstić information content (AvgIpc) is 1.50. The lowest BCUT2D eigenvalue weighted by Gasteiger charge is -1.25. The summed E-state index contributed by atoms with van der Waals surface area (Å²) in [4.78, 5) is 14.0. The first-order valence-electron chi connectivity index (χ1n) is 0.367. The first kappa shape index (κ1) is 9.68. The molecular formula is H4O4+2. The average molecular weight is 68.0 g/mol. The molecule has 0 fully saturated rings. The van der Waals surface area contributed by atoms with Crippen molar-refractivity contribution in [2.75, 3.05) is 0 Å². The number of hydrogen-bond donors (Lipinski definition) is 2. The van der Waals surface area contributed by atoms with Crippen LogP contribution in [0.25, 0.3) is 0 Å². The van der Waals surface area contributed by atoms with Gasteiger partial charge in [-0.3, -0.25) is 10.5 Å². The van der Waals surface area contributed by atoms with Crippen LogP contribution in [0.3, 0.4) is 0 Å². The van der Waals surface area contributed by atoms with Crippen LogP contribution in [0.2, 0.25) is 0 Å². The highest BCUT2D eigenvalue weighted by Crippen LogP contribution is 0.741. The van der Waals surface area contributed by atoms with Crippen LogP contribution in [-0.4, -0.2) is 10.5 Å². The molecule has 0 aromatic rings. The third-order valence-electron chi connectivity index (χ3n) is 0. The van der Waals surface area contributed by atoms with Crippen molar-refractivity contribution in [1.29, 1.82) is 0 Å². The highest BCUT2D eigenvalue weighted by Gasteiger charge is 0.746. The molecule has 4 nitrogen and oxygen atoms in total. The third kappa shape index (κ3) is 1.78. The summed E-state index contributed by atoms with van der Waals surface area (Å²) in [6.07, 6.45) is 0. The van der Waals surface area contributed by atoms with Crippen molar-refractivity contribution in [1.82, 2.24) is 0 Å². The summed E-state index contributed by atoms with van der Waals surface area (Å²) >= 11 is 0. The lowest BCUT2D eigenvalue weighted by Crippen LogP contribution is -1.29. The Bertz CT molecular complexity index is 5.51. The molecule has 26 valence electrons. The summed E-state index contributed by atoms with van der Waals surface area (Å²) in [6.45, 7) is 0. The van der Waals surface area contributed by atoms with E-state index in [9.17, 15) is 0 Å². The molecule has 0 rings (SSSR count). The van der Waals surface area contributed by atoms with Crippen molar-refractivity contribution in [2.45, 2.75) is 0 Å². The van der Waals surface area contributed by atoms with Gasteiger partial charge < -0.3 is 0 Å². The van der Waals surface area contributed by atoms with E-state index in [2.05, 4.69) is 0 Å². The van der Waals surface area contributed by atoms with Gasteiger partial charge in [0.1, 0.15) is 0 Å². The van der Waals surface area contributed by atoms with Crippen LogP contribution >= 0.6 is 0 Å². The van der Waals surface area contributed by atoms with Crippen LogP contribution < -0.4 is 0 Å². The minimum Gasteiger partial charge on any atom is -0.255 e. The SMILES string of the molecule is O=O.OO.[H+].[H+]. The Morgan fingerprint density at radius 3 is 1.25 bits per heavy atom. The van der Waals surface area contributed by atoms with Gasteiger partial charge in [-0.2, -0.15) is 0 Å². The molecule has 0 bridgehead atoms. The molecule has 0 aliphatic rings. The van der Waals surface area contributed by atoms with Gasteiger partial charge in [-0.25, -0.2) is 0 Å². The maximum absolute atomic E-state index is 7.00. The Morgan fingerprint density at radius 1 is 1.25 bits per heavy atom. The molecule has 0 atom stereocenters. The van der Waals surface area contributed by atoms with Gasteiger partial charge in [-0.15, -0.1) is 0 Å². The first-order chi connectivity index (χ1) is 2.00. The van der Waals surface area contributed by atoms with Crippen molar-refractivity contribution in [2.24, 2.45) is 0 Å². The highest BCUT2D eigenvalue weighted by atomic mass is 17.0. The molecule has 0 heterocycles. The van der Waals surface area contributed by atoms with Gasteiger partial charge in [-0.1, -0.05) is 0 Å². The molecule has 0 aliphatic carbocycles. The molecule has 4 heavy (non-hydrogen) atoms. The summed E-state index contributed by atoms with van der Waals surface area (Å²) in [5.74, 6) is 0. The van der Waals surface area contributed by atoms with Crippen LogP contribution in [0.4, 0.5) is 0 Å². The molecule has 0 aromatic heterocycles. The van der Waals surface area contributed by atoms with Crippen molar-refractivity contribution in [3.63, 3.8) is 0 Å². The van der Waals surface area contributed by atoms with E-state index in [1.807, 2.05) is 0 Å². The first-order valence-corrected chi connectivity index (χ1v) is 0.367. The Labute approximate surface area is 24.8 Å². The van der Waals surface area contributed by atoms with E-state index in [-0.39, 0.29) is 2.85 Å². The zero-order valence-electron chi connectivity index (χ0n) is 3.71. The maximum atomic E-state index is 7.00. The second kappa shape index (κ2) is 25.3. The summed E-state index contributed by atoms with van der Waals surface area (Å²) < 4.78 is 0. The molecule has 2 N–H and O–H groups in total. The predicted octanol–water partition coefficient (Wildman–Crippen LogP) is 0.309. The Kier molecular flexibility index (Phi) is 61.1. The van der Waals surface area contributed by atoms with Gasteiger partial charge in [0.2, 0.25) is 0 Å². The highest BCUT2D eigenvalue weighted by molar-refractivity contribution is 4.07. The normalized spacial score (nSPS) is 2.50. The summed E-state index contributed by atoms with van der Waals surface area (Å²) in [5.41, 5.74) is 0. The van der Waals surface area contributed by atoms with E-state index >= 15 is 0 Å². The van der Waals surface area contributed by atoms with E-state index in [1.54, 1.807) is 0 Å². The minimum absolute atomic E-state index is 0. The van der Waals surface area contributed by atoms with E-state index in [4.69, 9.17) is 20.4 Å². The van der Waals surface area contributed by atoms with E-state index < -0.39 is 0 Å². The molecule has 0 radical (unpaired) electrons. The molecule has 0 aliphatic heterocycles. The van der Waals surface area contributed by atoms with Crippen LogP contribution in [0.5, 0.6) is 0 Å². The fraction of sp³-hybridized carbons (Fsp3) is 0. The summed E-state index contributed by atoms with van der Waals surface area (Å²) in [6, 6.07) is 0. The van der Waals surface area contributed by atoms with Gasteiger partial charge >= 0.3 is 2.85 Å². The van der Waals surface area contributed by atoms with Gasteiger partial charge in [0, 0.05) is 9.93 Å². The topological polar surface area (TPSA) is 74.6 Å². The molecule has 0 unspecified atom stereocenters. The van der Waals surface area contributed by atoms with Crippen LogP contribution in [0.15, 0.2) is 0 Å². The lowest BCUT2D eigenvalue weighted by atomic mass is 15.0. The number of rotatable bonds is 0. The summed E-state index contributed by atoms with van der Waals surface area (Å²) in [7, 11) is 0. The van der Waals surface area contributed by atoms with Crippen molar-refractivity contribution < 1.29 is 13.4 Å². The molecule has 4 heteroatoms. The Balaban J connectivity index is -0.00000000500. The zero-order valence-corrected chi connectivity index (χ0v) is 1.71. The fourth-order valence-electron chi connectivity index (χ4n) is 0. The van der Waals surface area contributed by atoms with Crippen LogP contribution in [-0.2, 0) is 0 Å². The molecule has 0 saturated heterocycles. The van der Waals surface area contributed by atoms with Gasteiger partial charge in [0.15, 0.2) is 0 Å². The monoisotopic (exact) mass is 68.0 g/mol. The molecule has 0 saturated carbocycles. The predicted molar refractivity (Wildman–Crippen MR) is 14.2 cm³/mol. The van der Waals surface area contributed by atoms with Gasteiger partial charge in [-0.05, 0) is 0 Å². The molecule has 0 spiro atoms. The molecular weight excluding hydrogens is 64.0 g/mol. The lowest BCUT2D eigenvalue weighted by molar-refractivity contribution is -0.176. The van der Waals surface area contributed by atoms with Crippen LogP contribution in [0.1, 0.15) is 2.85 Å². The standard InChI is InChI=1S/H2O2.O2/c2*1-2/h1-2H;/p+2. The second-order valence-corrected chi connectivity index (χ2v) is 0. The van der Waals surface area contributed by atoms with Crippen molar-refractivity contribution >= 4 is 0 Å². The number of hydrogen-bond acceptors (Lipinski definition) is 4. The zero-order chi connectivity index (χ0) is 4.00. The van der Waals surface area contributed by atoms with E-state index in [0.717, 1.165) is 0 Å². The van der Waals surface area contributed by atoms with Crippen molar-refractivity contribution in [3.8, 4) is 0 Å². The van der Waals surface area contributed by atoms with Gasteiger partial charge in [0.05, 0.1) is 0 Å². The molecule has 0 aromatic carbocycles.